The third-order valence-corrected chi connectivity index (χ3v) is 5.46. The number of hydrazone groups is 1. The second-order valence-corrected chi connectivity index (χ2v) is 7.48. The molecule has 10 nitrogen and oxygen atoms in total. The number of aromatic nitrogens is 1. The second kappa shape index (κ2) is 10.2. The lowest BCUT2D eigenvalue weighted by Crippen LogP contribution is -2.85. The minimum Gasteiger partial charge on any atom is -0.493 e. The van der Waals surface area contributed by atoms with Gasteiger partial charge in [0.2, 0.25) is 0 Å². The number of pyridine rings is 1. The number of carbonyl (C=O) groups is 1. The number of nitrogens with one attached hydrogen (secondary N) is 2. The Morgan fingerprint density at radius 2 is 2.03 bits per heavy atom. The van der Waals surface area contributed by atoms with E-state index in [2.05, 4.69) is 17.3 Å². The number of methoxy groups -OCH3 is 2. The normalized spacial score (nSPS) is 15.0. The van der Waals surface area contributed by atoms with Crippen molar-refractivity contribution in [1.29, 1.82) is 0 Å². The number of hydrazine groups is 1. The summed E-state index contributed by atoms with van der Waals surface area (Å²) in [4.78, 5) is 25.3. The quantitative estimate of drug-likeness (QED) is 0.140. The zero-order valence-corrected chi connectivity index (χ0v) is 18.6. The number of nitrogens with zero attached hydrogens (tertiary/aromatic N) is 1. The largest absolute Gasteiger partial charge is 0.493 e. The molecule has 172 valence electrons. The van der Waals surface area contributed by atoms with Crippen LogP contribution in [0.25, 0.3) is 11.3 Å². The van der Waals surface area contributed by atoms with E-state index in [9.17, 15) is 9.59 Å². The Kier molecular flexibility index (Phi) is 7.37. The summed E-state index contributed by atoms with van der Waals surface area (Å²) in [6, 6.07) is 5.39. The maximum atomic E-state index is 12.8. The van der Waals surface area contributed by atoms with Crippen molar-refractivity contribution in [2.45, 2.75) is 32.2 Å². The highest BCUT2D eigenvalue weighted by molar-refractivity contribution is 6.03. The lowest BCUT2D eigenvalue weighted by molar-refractivity contribution is -0.472. The number of carbonyl (C=O) groups excluding carboxylic acids is 1. The van der Waals surface area contributed by atoms with Crippen LogP contribution in [0.1, 0.15) is 41.7 Å². The van der Waals surface area contributed by atoms with E-state index in [0.717, 1.165) is 36.1 Å². The number of hydrogen-bond acceptors (Lipinski definition) is 6. The Hall–Kier alpha value is -3.53. The molecule has 6 N–H and O–H groups in total. The van der Waals surface area contributed by atoms with Gasteiger partial charge in [-0.1, -0.05) is 6.92 Å². The van der Waals surface area contributed by atoms with Crippen LogP contribution in [0, 0.1) is 0 Å². The molecule has 0 aliphatic carbocycles. The van der Waals surface area contributed by atoms with Gasteiger partial charge in [-0.15, -0.1) is 0 Å². The van der Waals surface area contributed by atoms with Crippen LogP contribution in [-0.4, -0.2) is 43.9 Å². The second-order valence-electron chi connectivity index (χ2n) is 7.48. The van der Waals surface area contributed by atoms with Gasteiger partial charge in [0.25, 0.3) is 0 Å². The first-order chi connectivity index (χ1) is 15.4. The molecule has 1 amide bonds. The van der Waals surface area contributed by atoms with Gasteiger partial charge < -0.3 is 18.8 Å². The highest BCUT2D eigenvalue weighted by Gasteiger charge is 2.27. The molecule has 0 spiro atoms. The van der Waals surface area contributed by atoms with Crippen molar-refractivity contribution in [2.24, 2.45) is 11.6 Å². The molecular formula is C22H30N5O5+. The van der Waals surface area contributed by atoms with Crippen molar-refractivity contribution >= 4 is 11.9 Å². The summed E-state index contributed by atoms with van der Waals surface area (Å²) in [6.07, 6.45) is 3.87. The van der Waals surface area contributed by atoms with Crippen molar-refractivity contribution in [3.05, 3.63) is 45.7 Å². The molecule has 0 fully saturated rings. The molecule has 0 saturated carbocycles. The molecule has 1 aliphatic heterocycles. The Morgan fingerprint density at radius 3 is 2.69 bits per heavy atom. The topological polar surface area (TPSA) is 145 Å². The number of rotatable bonds is 8. The average molecular weight is 445 g/mol. The molecule has 1 unspecified atom stereocenters. The molecule has 0 saturated heterocycles. The number of hydrogen-bond donors (Lipinski definition) is 4. The van der Waals surface area contributed by atoms with Crippen molar-refractivity contribution in [2.75, 3.05) is 27.4 Å². The van der Waals surface area contributed by atoms with E-state index in [1.807, 2.05) is 16.7 Å². The van der Waals surface area contributed by atoms with E-state index in [4.69, 9.17) is 25.8 Å². The van der Waals surface area contributed by atoms with Gasteiger partial charge in [0.05, 0.1) is 19.4 Å². The van der Waals surface area contributed by atoms with Gasteiger partial charge in [-0.05, 0) is 30.5 Å². The Morgan fingerprint density at radius 1 is 1.25 bits per heavy atom. The third-order valence-electron chi connectivity index (χ3n) is 5.46. The van der Waals surface area contributed by atoms with Gasteiger partial charge in [0, 0.05) is 44.0 Å². The number of amides is 1. The summed E-state index contributed by atoms with van der Waals surface area (Å²) < 4.78 is 18.5. The van der Waals surface area contributed by atoms with Gasteiger partial charge in [-0.3, -0.25) is 21.2 Å². The van der Waals surface area contributed by atoms with Crippen molar-refractivity contribution in [3.63, 3.8) is 0 Å². The summed E-state index contributed by atoms with van der Waals surface area (Å²) in [5, 5.41) is 4.50. The van der Waals surface area contributed by atoms with Crippen molar-refractivity contribution in [3.8, 4) is 22.8 Å². The Labute approximate surface area is 186 Å². The fraction of sp³-hybridized carbons (Fsp3) is 0.409. The van der Waals surface area contributed by atoms with Crippen LogP contribution >= 0.6 is 0 Å². The molecule has 10 heteroatoms. The van der Waals surface area contributed by atoms with Crippen LogP contribution in [-0.2, 0) is 11.2 Å². The smallest absolute Gasteiger partial charge is 0.370 e. The van der Waals surface area contributed by atoms with Gasteiger partial charge in [-0.25, -0.2) is 5.32 Å². The zero-order valence-electron chi connectivity index (χ0n) is 18.6. The van der Waals surface area contributed by atoms with Crippen LogP contribution < -0.4 is 36.9 Å². The molecule has 1 aromatic carbocycles. The maximum Gasteiger partial charge on any atom is 0.370 e. The Balaban J connectivity index is 2.04. The fourth-order valence-corrected chi connectivity index (χ4v) is 3.82. The summed E-state index contributed by atoms with van der Waals surface area (Å²) >= 11 is 0. The summed E-state index contributed by atoms with van der Waals surface area (Å²) in [7, 11) is 3.23. The zero-order chi connectivity index (χ0) is 23.3. The number of guanidine groups is 1. The Bertz CT molecular complexity index is 1080. The van der Waals surface area contributed by atoms with E-state index < -0.39 is 11.3 Å². The molecule has 1 aromatic heterocycles. The highest BCUT2D eigenvalue weighted by Crippen LogP contribution is 2.41. The van der Waals surface area contributed by atoms with Crippen LogP contribution in [0.4, 0.5) is 0 Å². The first kappa shape index (κ1) is 23.1. The average Bonchev–Trinajstić information content (AvgIpc) is 2.80. The van der Waals surface area contributed by atoms with Crippen molar-refractivity contribution < 1.29 is 24.1 Å². The molecule has 3 rings (SSSR count). The van der Waals surface area contributed by atoms with E-state index >= 15 is 0 Å². The monoisotopic (exact) mass is 444 g/mol. The van der Waals surface area contributed by atoms with Gasteiger partial charge >= 0.3 is 11.9 Å². The number of ether oxygens (including phenoxy) is 3. The predicted molar refractivity (Wildman–Crippen MR) is 120 cm³/mol. The molecule has 32 heavy (non-hydrogen) atoms. The van der Waals surface area contributed by atoms with E-state index in [0.29, 0.717) is 24.7 Å². The first-order valence-electron chi connectivity index (χ1n) is 10.4. The summed E-state index contributed by atoms with van der Waals surface area (Å²) in [5.41, 5.74) is 7.74. The van der Waals surface area contributed by atoms with Gasteiger partial charge in [0.15, 0.2) is 16.9 Å². The molecule has 2 heterocycles. The first-order valence-corrected chi connectivity index (χ1v) is 10.4. The molecule has 1 aliphatic rings. The minimum atomic E-state index is -0.626. The van der Waals surface area contributed by atoms with Gasteiger partial charge in [-0.2, -0.15) is 5.10 Å². The number of nitrogens with two attached hydrogens (primary N) is 2. The van der Waals surface area contributed by atoms with E-state index in [-0.39, 0.29) is 17.6 Å². The third kappa shape index (κ3) is 4.70. The highest BCUT2D eigenvalue weighted by atomic mass is 16.5. The van der Waals surface area contributed by atoms with E-state index in [1.165, 1.54) is 6.07 Å². The van der Waals surface area contributed by atoms with Crippen LogP contribution in [0.3, 0.4) is 0 Å². The SMILES string of the molecule is CCC1Cc2cc(OCCCOC)c(OC)cc2-c2cc(=O)c(C(=O)N/C(N)=[NH+]/N)cn21. The fourth-order valence-electron chi connectivity index (χ4n) is 3.82. The minimum absolute atomic E-state index is 0.0149. The summed E-state index contributed by atoms with van der Waals surface area (Å²) in [6.45, 7) is 3.18. The summed E-state index contributed by atoms with van der Waals surface area (Å²) in [5.74, 6) is 5.66. The van der Waals surface area contributed by atoms with Crippen molar-refractivity contribution in [1.82, 2.24) is 9.88 Å². The van der Waals surface area contributed by atoms with Crippen LogP contribution in [0.5, 0.6) is 11.5 Å². The predicted octanol–water partition coefficient (Wildman–Crippen LogP) is -0.555. The molecule has 2 aromatic rings. The molecule has 0 bridgehead atoms. The van der Waals surface area contributed by atoms with E-state index in [1.54, 1.807) is 20.4 Å². The van der Waals surface area contributed by atoms with Gasteiger partial charge in [0.1, 0.15) is 5.56 Å². The standard InChI is InChI=1S/C22H29N5O5/c1-4-14-8-13-9-20(32-7-5-6-30-2)19(31-3)10-15(13)17-11-18(28)16(12-27(14)17)21(29)25-22(23)26-24/h9-12,14H,4-8,24H2,1-3H3,(H3,23,25,26,29)/p+1. The molecule has 0 radical (unpaired) electrons. The lowest BCUT2D eigenvalue weighted by Gasteiger charge is -2.31. The molecule has 1 atom stereocenters. The molecular weight excluding hydrogens is 414 g/mol. The number of fused-ring (bicyclic) bond motifs is 3. The van der Waals surface area contributed by atoms with Crippen LogP contribution in [0.2, 0.25) is 0 Å². The number of benzene rings is 1. The maximum absolute atomic E-state index is 12.8. The van der Waals surface area contributed by atoms with Crippen LogP contribution in [0.15, 0.2) is 29.2 Å². The lowest BCUT2D eigenvalue weighted by atomic mass is 9.90.